The van der Waals surface area contributed by atoms with Gasteiger partial charge in [0.15, 0.2) is 0 Å². The van der Waals surface area contributed by atoms with Gasteiger partial charge in [0, 0.05) is 13.1 Å². The Morgan fingerprint density at radius 3 is 2.78 bits per heavy atom. The predicted octanol–water partition coefficient (Wildman–Crippen LogP) is 0.527. The van der Waals surface area contributed by atoms with E-state index in [4.69, 9.17) is 4.74 Å². The van der Waals surface area contributed by atoms with Gasteiger partial charge in [0.1, 0.15) is 0 Å². The summed E-state index contributed by atoms with van der Waals surface area (Å²) >= 11 is 0. The van der Waals surface area contributed by atoms with Gasteiger partial charge < -0.3 is 10.1 Å². The molecule has 0 aromatic rings. The van der Waals surface area contributed by atoms with Crippen molar-refractivity contribution in [2.45, 2.75) is 31.5 Å². The van der Waals surface area contributed by atoms with Crippen LogP contribution in [-0.4, -0.2) is 24.8 Å². The van der Waals surface area contributed by atoms with Gasteiger partial charge in [-0.05, 0) is 19.8 Å². The molecule has 0 amide bonds. The topological polar surface area (TPSA) is 21.3 Å². The zero-order valence-electron chi connectivity index (χ0n) is 5.81. The summed E-state index contributed by atoms with van der Waals surface area (Å²) in [7, 11) is 0. The fourth-order valence-corrected chi connectivity index (χ4v) is 1.45. The van der Waals surface area contributed by atoms with Gasteiger partial charge in [0.2, 0.25) is 0 Å². The van der Waals surface area contributed by atoms with E-state index in [9.17, 15) is 0 Å². The van der Waals surface area contributed by atoms with Gasteiger partial charge in [0.25, 0.3) is 0 Å². The number of morpholine rings is 1. The molecule has 1 heterocycles. The highest BCUT2D eigenvalue weighted by Gasteiger charge is 2.46. The van der Waals surface area contributed by atoms with E-state index in [0.29, 0.717) is 6.10 Å². The largest absolute Gasteiger partial charge is 0.369 e. The highest BCUT2D eigenvalue weighted by Crippen LogP contribution is 2.41. The monoisotopic (exact) mass is 127 g/mol. The van der Waals surface area contributed by atoms with E-state index < -0.39 is 0 Å². The summed E-state index contributed by atoms with van der Waals surface area (Å²) in [4.78, 5) is 0. The average Bonchev–Trinajstić information content (AvgIpc) is 2.49. The third-order valence-electron chi connectivity index (χ3n) is 2.14. The number of hydrogen-bond donors (Lipinski definition) is 1. The van der Waals surface area contributed by atoms with E-state index in [1.807, 2.05) is 0 Å². The van der Waals surface area contributed by atoms with Gasteiger partial charge in [-0.2, -0.15) is 0 Å². The summed E-state index contributed by atoms with van der Waals surface area (Å²) in [5.74, 6) is 0. The van der Waals surface area contributed by atoms with E-state index in [1.54, 1.807) is 0 Å². The summed E-state index contributed by atoms with van der Waals surface area (Å²) in [5.41, 5.74) is 0.289. The molecule has 2 nitrogen and oxygen atoms in total. The van der Waals surface area contributed by atoms with Gasteiger partial charge in [0.05, 0.1) is 11.7 Å². The van der Waals surface area contributed by atoms with Crippen LogP contribution in [0.2, 0.25) is 0 Å². The number of rotatable bonds is 0. The third-order valence-corrected chi connectivity index (χ3v) is 2.14. The minimum atomic E-state index is 0.289. The van der Waals surface area contributed by atoms with Gasteiger partial charge in [-0.15, -0.1) is 0 Å². The molecule has 1 saturated heterocycles. The van der Waals surface area contributed by atoms with Crippen molar-refractivity contribution in [2.24, 2.45) is 0 Å². The minimum absolute atomic E-state index is 0.289. The standard InChI is InChI=1S/C7H13NO/c1-6-4-8-5-7(9-6)2-3-7/h6,8H,2-5H2,1H3. The zero-order valence-corrected chi connectivity index (χ0v) is 5.81. The van der Waals surface area contributed by atoms with E-state index in [2.05, 4.69) is 12.2 Å². The molecule has 1 aliphatic heterocycles. The fourth-order valence-electron chi connectivity index (χ4n) is 1.45. The molecule has 1 N–H and O–H groups in total. The van der Waals surface area contributed by atoms with Crippen LogP contribution in [0.5, 0.6) is 0 Å². The van der Waals surface area contributed by atoms with Crippen LogP contribution in [0.4, 0.5) is 0 Å². The Morgan fingerprint density at radius 2 is 2.33 bits per heavy atom. The summed E-state index contributed by atoms with van der Waals surface area (Å²) in [5, 5.41) is 3.36. The van der Waals surface area contributed by atoms with Gasteiger partial charge in [-0.25, -0.2) is 0 Å². The van der Waals surface area contributed by atoms with Crippen molar-refractivity contribution in [2.75, 3.05) is 13.1 Å². The molecule has 0 bridgehead atoms. The summed E-state index contributed by atoms with van der Waals surface area (Å²) < 4.78 is 5.72. The highest BCUT2D eigenvalue weighted by atomic mass is 16.5. The summed E-state index contributed by atoms with van der Waals surface area (Å²) in [6.45, 7) is 4.24. The first-order valence-electron chi connectivity index (χ1n) is 3.69. The van der Waals surface area contributed by atoms with Crippen molar-refractivity contribution in [3.05, 3.63) is 0 Å². The van der Waals surface area contributed by atoms with Crippen LogP contribution in [0.3, 0.4) is 0 Å². The first-order chi connectivity index (χ1) is 4.31. The van der Waals surface area contributed by atoms with Crippen molar-refractivity contribution < 1.29 is 4.74 Å². The van der Waals surface area contributed by atoms with Crippen LogP contribution in [0.1, 0.15) is 19.8 Å². The maximum atomic E-state index is 5.72. The lowest BCUT2D eigenvalue weighted by molar-refractivity contribution is -0.0448. The minimum Gasteiger partial charge on any atom is -0.369 e. The average molecular weight is 127 g/mol. The van der Waals surface area contributed by atoms with Crippen LogP contribution in [0.25, 0.3) is 0 Å². The van der Waals surface area contributed by atoms with Gasteiger partial charge in [-0.3, -0.25) is 0 Å². The van der Waals surface area contributed by atoms with Gasteiger partial charge >= 0.3 is 0 Å². The van der Waals surface area contributed by atoms with Crippen molar-refractivity contribution in [3.63, 3.8) is 0 Å². The second-order valence-electron chi connectivity index (χ2n) is 3.24. The normalized spacial score (nSPS) is 39.0. The Balaban J connectivity index is 1.96. The molecule has 2 rings (SSSR count). The predicted molar refractivity (Wildman–Crippen MR) is 35.4 cm³/mol. The third kappa shape index (κ3) is 0.970. The Kier molecular flexibility index (Phi) is 1.08. The maximum Gasteiger partial charge on any atom is 0.0812 e. The SMILES string of the molecule is CC1CNCC2(CC2)O1. The van der Waals surface area contributed by atoms with Gasteiger partial charge in [-0.1, -0.05) is 0 Å². The van der Waals surface area contributed by atoms with E-state index in [-0.39, 0.29) is 5.60 Å². The Morgan fingerprint density at radius 1 is 1.56 bits per heavy atom. The lowest BCUT2D eigenvalue weighted by Gasteiger charge is -2.28. The van der Waals surface area contributed by atoms with Crippen molar-refractivity contribution in [3.8, 4) is 0 Å². The molecule has 2 aliphatic rings. The molecule has 1 spiro atoms. The number of hydrogen-bond acceptors (Lipinski definition) is 2. The molecule has 0 radical (unpaired) electrons. The second kappa shape index (κ2) is 1.70. The number of nitrogens with one attached hydrogen (secondary N) is 1. The quantitative estimate of drug-likeness (QED) is 0.512. The number of ether oxygens (including phenoxy) is 1. The zero-order chi connectivity index (χ0) is 6.32. The Labute approximate surface area is 55.6 Å². The molecule has 9 heavy (non-hydrogen) atoms. The van der Waals surface area contributed by atoms with E-state index >= 15 is 0 Å². The summed E-state index contributed by atoms with van der Waals surface area (Å²) in [6.07, 6.45) is 2.97. The van der Waals surface area contributed by atoms with Crippen molar-refractivity contribution in [1.29, 1.82) is 0 Å². The molecule has 1 atom stereocenters. The van der Waals surface area contributed by atoms with Crippen LogP contribution in [0.15, 0.2) is 0 Å². The second-order valence-corrected chi connectivity index (χ2v) is 3.24. The first kappa shape index (κ1) is 5.69. The molecule has 2 heteroatoms. The van der Waals surface area contributed by atoms with Crippen LogP contribution >= 0.6 is 0 Å². The lowest BCUT2D eigenvalue weighted by Crippen LogP contribution is -2.44. The van der Waals surface area contributed by atoms with E-state index in [1.165, 1.54) is 12.8 Å². The smallest absolute Gasteiger partial charge is 0.0812 e. The Hall–Kier alpha value is -0.0800. The lowest BCUT2D eigenvalue weighted by atomic mass is 10.2. The van der Waals surface area contributed by atoms with Crippen molar-refractivity contribution in [1.82, 2.24) is 5.32 Å². The van der Waals surface area contributed by atoms with Crippen LogP contribution in [0, 0.1) is 0 Å². The summed E-state index contributed by atoms with van der Waals surface area (Å²) in [6, 6.07) is 0. The van der Waals surface area contributed by atoms with Crippen LogP contribution < -0.4 is 5.32 Å². The molecular formula is C7H13NO. The molecule has 2 fully saturated rings. The molecule has 52 valence electrons. The molecule has 1 unspecified atom stereocenters. The first-order valence-corrected chi connectivity index (χ1v) is 3.69. The van der Waals surface area contributed by atoms with Crippen LogP contribution in [-0.2, 0) is 4.74 Å². The molecular weight excluding hydrogens is 114 g/mol. The van der Waals surface area contributed by atoms with E-state index in [0.717, 1.165) is 13.1 Å². The Bertz CT molecular complexity index is 120. The molecule has 1 aliphatic carbocycles. The maximum absolute atomic E-state index is 5.72. The highest BCUT2D eigenvalue weighted by molar-refractivity contribution is 5.00. The molecule has 1 saturated carbocycles. The van der Waals surface area contributed by atoms with Crippen molar-refractivity contribution >= 4 is 0 Å². The fraction of sp³-hybridized carbons (Fsp3) is 1.00. The molecule has 0 aromatic heterocycles. The molecule has 0 aromatic carbocycles.